The van der Waals surface area contributed by atoms with Crippen molar-refractivity contribution in [2.75, 3.05) is 0 Å². The summed E-state index contributed by atoms with van der Waals surface area (Å²) >= 11 is 0. The fourth-order valence-corrected chi connectivity index (χ4v) is 5.69. The van der Waals surface area contributed by atoms with Crippen LogP contribution >= 0.6 is 0 Å². The van der Waals surface area contributed by atoms with Gasteiger partial charge in [0.15, 0.2) is 8.32 Å². The standard InChI is InChI=1S/C10H21O2Si2/c1-10(11)8-6-7-9-13(2)12-14(3,4)5/h7,9H,6,8H2,1-5H3/b9-7+. The average Bonchev–Trinajstić information content (AvgIpc) is 1.94. The smallest absolute Gasteiger partial charge is 0.223 e. The molecular weight excluding hydrogens is 208 g/mol. The predicted molar refractivity (Wildman–Crippen MR) is 65.1 cm³/mol. The second kappa shape index (κ2) is 6.32. The van der Waals surface area contributed by atoms with Gasteiger partial charge in [0.25, 0.3) is 0 Å². The number of rotatable bonds is 6. The van der Waals surface area contributed by atoms with Gasteiger partial charge in [-0.1, -0.05) is 11.8 Å². The summed E-state index contributed by atoms with van der Waals surface area (Å²) in [7, 11) is -2.15. The topological polar surface area (TPSA) is 26.3 Å². The van der Waals surface area contributed by atoms with Gasteiger partial charge in [0.05, 0.1) is 0 Å². The van der Waals surface area contributed by atoms with Gasteiger partial charge < -0.3 is 8.91 Å². The molecule has 0 unspecified atom stereocenters. The van der Waals surface area contributed by atoms with Gasteiger partial charge in [0.1, 0.15) is 5.78 Å². The lowest BCUT2D eigenvalue weighted by Gasteiger charge is -2.20. The van der Waals surface area contributed by atoms with Gasteiger partial charge in [0.2, 0.25) is 9.04 Å². The largest absolute Gasteiger partial charge is 0.453 e. The Kier molecular flexibility index (Phi) is 6.23. The highest BCUT2D eigenvalue weighted by Crippen LogP contribution is 2.06. The Hall–Kier alpha value is -0.196. The van der Waals surface area contributed by atoms with Crippen molar-refractivity contribution >= 4 is 23.1 Å². The molecule has 0 aromatic carbocycles. The minimum absolute atomic E-state index is 0.255. The van der Waals surface area contributed by atoms with Crippen LogP contribution in [0.4, 0.5) is 0 Å². The molecule has 0 fully saturated rings. The Morgan fingerprint density at radius 2 is 2.00 bits per heavy atom. The summed E-state index contributed by atoms with van der Waals surface area (Å²) in [4.78, 5) is 10.7. The maximum atomic E-state index is 10.7. The van der Waals surface area contributed by atoms with E-state index in [0.29, 0.717) is 6.42 Å². The fourth-order valence-electron chi connectivity index (χ4n) is 1.05. The van der Waals surface area contributed by atoms with E-state index in [1.807, 2.05) is 0 Å². The zero-order valence-electron chi connectivity index (χ0n) is 9.89. The maximum absolute atomic E-state index is 10.7. The second-order valence-corrected chi connectivity index (χ2v) is 11.1. The first kappa shape index (κ1) is 13.8. The summed E-state index contributed by atoms with van der Waals surface area (Å²) in [6.07, 6.45) is 3.58. The van der Waals surface area contributed by atoms with Crippen molar-refractivity contribution < 1.29 is 8.91 Å². The van der Waals surface area contributed by atoms with Gasteiger partial charge >= 0.3 is 0 Å². The molecule has 0 aromatic rings. The first-order valence-electron chi connectivity index (χ1n) is 5.00. The summed E-state index contributed by atoms with van der Waals surface area (Å²) in [5.74, 6) is 0.255. The minimum Gasteiger partial charge on any atom is -0.453 e. The number of carbonyl (C=O) groups excluding carboxylic acids is 1. The van der Waals surface area contributed by atoms with Crippen molar-refractivity contribution in [3.05, 3.63) is 11.8 Å². The van der Waals surface area contributed by atoms with Crippen LogP contribution in [0.1, 0.15) is 19.8 Å². The van der Waals surface area contributed by atoms with Gasteiger partial charge in [-0.3, -0.25) is 0 Å². The summed E-state index contributed by atoms with van der Waals surface area (Å²) in [5, 5.41) is 0. The molecule has 4 heteroatoms. The van der Waals surface area contributed by atoms with Crippen molar-refractivity contribution in [2.45, 2.75) is 46.0 Å². The Morgan fingerprint density at radius 3 is 2.43 bits per heavy atom. The van der Waals surface area contributed by atoms with Gasteiger partial charge in [-0.2, -0.15) is 0 Å². The summed E-state index contributed by atoms with van der Waals surface area (Å²) < 4.78 is 5.91. The van der Waals surface area contributed by atoms with E-state index in [4.69, 9.17) is 4.12 Å². The summed E-state index contributed by atoms with van der Waals surface area (Å²) in [6.45, 7) is 10.4. The van der Waals surface area contributed by atoms with Gasteiger partial charge in [-0.05, 0) is 39.5 Å². The molecule has 14 heavy (non-hydrogen) atoms. The van der Waals surface area contributed by atoms with E-state index in [-0.39, 0.29) is 5.78 Å². The molecule has 0 aliphatic carbocycles. The van der Waals surface area contributed by atoms with Gasteiger partial charge in [0, 0.05) is 6.42 Å². The van der Waals surface area contributed by atoms with Crippen molar-refractivity contribution in [3.8, 4) is 0 Å². The molecule has 0 bridgehead atoms. The zero-order valence-corrected chi connectivity index (χ0v) is 11.9. The van der Waals surface area contributed by atoms with Crippen molar-refractivity contribution in [2.24, 2.45) is 0 Å². The lowest BCUT2D eigenvalue weighted by atomic mass is 10.2. The molecule has 2 nitrogen and oxygen atoms in total. The van der Waals surface area contributed by atoms with Crippen LogP contribution in [0.5, 0.6) is 0 Å². The average molecular weight is 229 g/mol. The number of ketones is 1. The van der Waals surface area contributed by atoms with Crippen LogP contribution in [-0.2, 0) is 8.91 Å². The number of hydrogen-bond donors (Lipinski definition) is 0. The van der Waals surface area contributed by atoms with Crippen LogP contribution in [0.15, 0.2) is 11.8 Å². The van der Waals surface area contributed by atoms with E-state index in [9.17, 15) is 4.79 Å². The van der Waals surface area contributed by atoms with E-state index in [1.54, 1.807) is 6.92 Å². The molecule has 0 N–H and O–H groups in total. The van der Waals surface area contributed by atoms with E-state index in [1.165, 1.54) is 0 Å². The molecule has 0 saturated heterocycles. The molecule has 0 aromatic heterocycles. The van der Waals surface area contributed by atoms with Crippen molar-refractivity contribution in [1.29, 1.82) is 0 Å². The number of hydrogen-bond acceptors (Lipinski definition) is 2. The lowest BCUT2D eigenvalue weighted by Crippen LogP contribution is -2.32. The van der Waals surface area contributed by atoms with Crippen molar-refractivity contribution in [1.82, 2.24) is 0 Å². The molecule has 0 amide bonds. The highest BCUT2D eigenvalue weighted by molar-refractivity contribution is 6.78. The fraction of sp³-hybridized carbons (Fsp3) is 0.700. The Bertz CT molecular complexity index is 207. The van der Waals surface area contributed by atoms with E-state index in [0.717, 1.165) is 6.42 Å². The van der Waals surface area contributed by atoms with Crippen LogP contribution in [0.3, 0.4) is 0 Å². The van der Waals surface area contributed by atoms with Crippen LogP contribution in [0.25, 0.3) is 0 Å². The molecule has 0 heterocycles. The van der Waals surface area contributed by atoms with Crippen LogP contribution in [0.2, 0.25) is 26.2 Å². The lowest BCUT2D eigenvalue weighted by molar-refractivity contribution is -0.116. The molecule has 0 saturated carbocycles. The molecule has 0 spiro atoms. The Labute approximate surface area is 90.2 Å². The molecule has 0 atom stereocenters. The summed E-state index contributed by atoms with van der Waals surface area (Å²) in [5.41, 5.74) is 2.14. The van der Waals surface area contributed by atoms with E-state index in [2.05, 4.69) is 38.0 Å². The van der Waals surface area contributed by atoms with Gasteiger partial charge in [-0.25, -0.2) is 0 Å². The number of Topliss-reactive ketones (excluding diaryl/α,β-unsaturated/α-hetero) is 1. The van der Waals surface area contributed by atoms with E-state index >= 15 is 0 Å². The molecular formula is C10H21O2Si2. The van der Waals surface area contributed by atoms with E-state index < -0.39 is 17.4 Å². The highest BCUT2D eigenvalue weighted by Gasteiger charge is 2.17. The van der Waals surface area contributed by atoms with Crippen LogP contribution in [0, 0.1) is 0 Å². The first-order chi connectivity index (χ1) is 6.31. The molecule has 1 radical (unpaired) electrons. The summed E-state index contributed by atoms with van der Waals surface area (Å²) in [6, 6.07) is 0. The third-order valence-corrected chi connectivity index (χ3v) is 5.93. The zero-order chi connectivity index (χ0) is 11.2. The molecule has 81 valence electrons. The quantitative estimate of drug-likeness (QED) is 0.655. The predicted octanol–water partition coefficient (Wildman–Crippen LogP) is 2.92. The first-order valence-corrected chi connectivity index (χ1v) is 10.4. The Balaban J connectivity index is 3.71. The molecule has 0 aliphatic rings. The second-order valence-electron chi connectivity index (χ2n) is 4.47. The highest BCUT2D eigenvalue weighted by atomic mass is 28.4. The minimum atomic E-state index is -1.38. The molecule has 0 rings (SSSR count). The monoisotopic (exact) mass is 229 g/mol. The maximum Gasteiger partial charge on any atom is 0.223 e. The molecule has 0 aliphatic heterocycles. The van der Waals surface area contributed by atoms with Crippen LogP contribution < -0.4 is 0 Å². The third-order valence-electron chi connectivity index (χ3n) is 1.48. The normalized spacial score (nSPS) is 12.7. The Morgan fingerprint density at radius 1 is 1.43 bits per heavy atom. The SMILES string of the molecule is CC(=O)CC/C=C/[Si](C)O[Si](C)(C)C. The number of carbonyl (C=O) groups is 1. The number of allylic oxidation sites excluding steroid dienone is 1. The van der Waals surface area contributed by atoms with Gasteiger partial charge in [-0.15, -0.1) is 0 Å². The van der Waals surface area contributed by atoms with Crippen LogP contribution in [-0.4, -0.2) is 23.1 Å². The van der Waals surface area contributed by atoms with Crippen molar-refractivity contribution in [3.63, 3.8) is 0 Å². The third kappa shape index (κ3) is 9.89.